The molecule has 1 saturated carbocycles. The van der Waals surface area contributed by atoms with Crippen LogP contribution >= 0.6 is 0 Å². The van der Waals surface area contributed by atoms with Crippen molar-refractivity contribution in [2.45, 2.75) is 23.9 Å². The van der Waals surface area contributed by atoms with Gasteiger partial charge in [0.15, 0.2) is 40.2 Å². The van der Waals surface area contributed by atoms with Gasteiger partial charge in [-0.25, -0.2) is 24.1 Å². The third-order valence-electron chi connectivity index (χ3n) is 9.00. The summed E-state index contributed by atoms with van der Waals surface area (Å²) in [5.74, 6) is 0.759. The largest absolute Gasteiger partial charge is 0.493 e. The van der Waals surface area contributed by atoms with E-state index in [4.69, 9.17) is 34.8 Å². The summed E-state index contributed by atoms with van der Waals surface area (Å²) in [6, 6.07) is 37.3. The fourth-order valence-corrected chi connectivity index (χ4v) is 6.03. The van der Waals surface area contributed by atoms with Gasteiger partial charge in [-0.05, 0) is 53.8 Å². The SMILES string of the molecule is COC(=O)c1ccc(OC)c(N)n1.COC(=O)c1ccc(OC)c2nc(C3(COC(c4ccccc4)(c4ccccc4)c4ccccc4)CC3)nn12. The molecule has 2 N–H and O–H groups in total. The van der Waals surface area contributed by atoms with Crippen molar-refractivity contribution in [2.24, 2.45) is 0 Å². The number of nitrogens with two attached hydrogens (primary N) is 1. The normalized spacial score (nSPS) is 13.0. The van der Waals surface area contributed by atoms with Crippen LogP contribution in [0.3, 0.4) is 0 Å². The number of pyridine rings is 2. The first kappa shape index (κ1) is 35.6. The number of carbonyl (C=O) groups excluding carboxylic acids is 2. The number of anilines is 1. The molecule has 0 amide bonds. The van der Waals surface area contributed by atoms with E-state index in [1.165, 1.54) is 31.9 Å². The molecule has 3 aromatic heterocycles. The van der Waals surface area contributed by atoms with E-state index in [1.807, 2.05) is 54.6 Å². The average Bonchev–Trinajstić information content (AvgIpc) is 3.86. The van der Waals surface area contributed by atoms with Crippen molar-refractivity contribution in [1.82, 2.24) is 19.6 Å². The maximum atomic E-state index is 12.5. The predicted octanol–water partition coefficient (Wildman–Crippen LogP) is 6.02. The minimum atomic E-state index is -0.840. The van der Waals surface area contributed by atoms with E-state index >= 15 is 0 Å². The van der Waals surface area contributed by atoms with Gasteiger partial charge in [-0.3, -0.25) is 0 Å². The van der Waals surface area contributed by atoms with Crippen molar-refractivity contribution >= 4 is 23.4 Å². The molecule has 52 heavy (non-hydrogen) atoms. The van der Waals surface area contributed by atoms with Gasteiger partial charge in [0.2, 0.25) is 0 Å². The highest BCUT2D eigenvalue weighted by Crippen LogP contribution is 2.50. The second-order valence-electron chi connectivity index (χ2n) is 12.1. The molecule has 12 heteroatoms. The summed E-state index contributed by atoms with van der Waals surface area (Å²) in [7, 11) is 5.68. The Hall–Kier alpha value is -6.27. The van der Waals surface area contributed by atoms with Gasteiger partial charge < -0.3 is 29.4 Å². The Balaban J connectivity index is 0.000000303. The molecule has 1 aliphatic rings. The van der Waals surface area contributed by atoms with E-state index in [-0.39, 0.29) is 17.2 Å². The Morgan fingerprint density at radius 1 is 0.692 bits per heavy atom. The molecule has 3 aromatic carbocycles. The number of esters is 2. The van der Waals surface area contributed by atoms with Crippen LogP contribution in [0.2, 0.25) is 0 Å². The van der Waals surface area contributed by atoms with Crippen LogP contribution in [-0.4, -0.2) is 66.6 Å². The molecule has 6 aromatic rings. The Kier molecular flexibility index (Phi) is 10.5. The third-order valence-corrected chi connectivity index (χ3v) is 9.00. The number of nitrogens with zero attached hydrogens (tertiary/aromatic N) is 4. The Bertz CT molecular complexity index is 2060. The minimum Gasteiger partial charge on any atom is -0.493 e. The number of fused-ring (bicyclic) bond motifs is 1. The third kappa shape index (κ3) is 6.88. The van der Waals surface area contributed by atoms with Crippen LogP contribution < -0.4 is 15.2 Å². The molecule has 0 bridgehead atoms. The van der Waals surface area contributed by atoms with Gasteiger partial charge in [-0.15, -0.1) is 5.10 Å². The maximum Gasteiger partial charge on any atom is 0.356 e. The van der Waals surface area contributed by atoms with Gasteiger partial charge in [-0.1, -0.05) is 91.0 Å². The van der Waals surface area contributed by atoms with Crippen molar-refractivity contribution in [1.29, 1.82) is 0 Å². The summed E-state index contributed by atoms with van der Waals surface area (Å²) in [6.45, 7) is 0.387. The van der Waals surface area contributed by atoms with E-state index in [2.05, 4.69) is 46.1 Å². The first-order valence-corrected chi connectivity index (χ1v) is 16.5. The molecule has 0 radical (unpaired) electrons. The Morgan fingerprint density at radius 2 is 1.21 bits per heavy atom. The summed E-state index contributed by atoms with van der Waals surface area (Å²) in [5.41, 5.74) is 8.29. The van der Waals surface area contributed by atoms with Gasteiger partial charge >= 0.3 is 11.9 Å². The molecule has 3 heterocycles. The van der Waals surface area contributed by atoms with Crippen molar-refractivity contribution < 1.29 is 33.3 Å². The van der Waals surface area contributed by atoms with Crippen LogP contribution in [0.15, 0.2) is 115 Å². The fraction of sp³-hybridized carbons (Fsp3) is 0.225. The number of aromatic nitrogens is 4. The highest BCUT2D eigenvalue weighted by molar-refractivity contribution is 5.89. The number of methoxy groups -OCH3 is 4. The van der Waals surface area contributed by atoms with Crippen LogP contribution in [-0.2, 0) is 25.2 Å². The number of rotatable bonds is 11. The van der Waals surface area contributed by atoms with Gasteiger partial charge in [0, 0.05) is 0 Å². The van der Waals surface area contributed by atoms with Crippen LogP contribution in [0.25, 0.3) is 5.65 Å². The summed E-state index contributed by atoms with van der Waals surface area (Å²) in [4.78, 5) is 32.1. The zero-order chi connectivity index (χ0) is 36.7. The van der Waals surface area contributed by atoms with E-state index in [0.29, 0.717) is 29.6 Å². The Labute approximate surface area is 301 Å². The van der Waals surface area contributed by atoms with Crippen LogP contribution in [0.5, 0.6) is 11.5 Å². The second kappa shape index (κ2) is 15.3. The molecule has 1 fully saturated rings. The van der Waals surface area contributed by atoms with Crippen molar-refractivity contribution in [3.63, 3.8) is 0 Å². The lowest BCUT2D eigenvalue weighted by molar-refractivity contribution is -0.00148. The first-order valence-electron chi connectivity index (χ1n) is 16.5. The molecule has 266 valence electrons. The predicted molar refractivity (Wildman–Crippen MR) is 193 cm³/mol. The molecule has 0 spiro atoms. The smallest absolute Gasteiger partial charge is 0.356 e. The number of ether oxygens (including phenoxy) is 5. The minimum absolute atomic E-state index is 0.167. The van der Waals surface area contributed by atoms with E-state index < -0.39 is 23.0 Å². The quantitative estimate of drug-likeness (QED) is 0.125. The topological polar surface area (TPSA) is 149 Å². The Morgan fingerprint density at radius 3 is 1.67 bits per heavy atom. The standard InChI is InChI=1S/C32H29N3O4.C8H10N2O3/c1-37-27-19-18-26(29(36)38-2)35-28(27)33-30(34-35)31(20-21-31)22-39-32(23-12-6-3-7-13-23,24-14-8-4-9-15-24)25-16-10-5-11-17-25;1-12-6-4-3-5(8(11)13-2)10-7(6)9/h3-19H,20-22H2,1-2H3;3-4H,1-2H3,(H2,9,10). The zero-order valence-corrected chi connectivity index (χ0v) is 29.3. The molecule has 0 saturated heterocycles. The molecule has 1 aliphatic carbocycles. The fourth-order valence-electron chi connectivity index (χ4n) is 6.03. The average molecular weight is 702 g/mol. The van der Waals surface area contributed by atoms with Crippen LogP contribution in [0.1, 0.15) is 56.3 Å². The summed E-state index contributed by atoms with van der Waals surface area (Å²) in [5, 5.41) is 4.79. The number of nitrogen functional groups attached to an aromatic ring is 1. The number of hydrogen-bond donors (Lipinski definition) is 1. The number of hydrogen-bond acceptors (Lipinski definition) is 11. The molecule has 0 atom stereocenters. The van der Waals surface area contributed by atoms with Gasteiger partial charge in [-0.2, -0.15) is 0 Å². The summed E-state index contributed by atoms with van der Waals surface area (Å²) < 4.78 is 28.5. The van der Waals surface area contributed by atoms with Crippen molar-refractivity contribution in [2.75, 3.05) is 40.8 Å². The highest BCUT2D eigenvalue weighted by atomic mass is 16.5. The molecular weight excluding hydrogens is 662 g/mol. The number of benzene rings is 3. The molecule has 12 nitrogen and oxygen atoms in total. The van der Waals surface area contributed by atoms with Crippen molar-refractivity contribution in [3.05, 3.63) is 149 Å². The van der Waals surface area contributed by atoms with Crippen LogP contribution in [0, 0.1) is 0 Å². The lowest BCUT2D eigenvalue weighted by atomic mass is 9.80. The lowest BCUT2D eigenvalue weighted by Gasteiger charge is -2.37. The van der Waals surface area contributed by atoms with Crippen molar-refractivity contribution in [3.8, 4) is 11.5 Å². The van der Waals surface area contributed by atoms with E-state index in [0.717, 1.165) is 29.5 Å². The second-order valence-corrected chi connectivity index (χ2v) is 12.1. The highest BCUT2D eigenvalue weighted by Gasteiger charge is 2.51. The molecule has 0 unspecified atom stereocenters. The van der Waals surface area contributed by atoms with E-state index in [9.17, 15) is 9.59 Å². The van der Waals surface area contributed by atoms with Crippen LogP contribution in [0.4, 0.5) is 5.82 Å². The van der Waals surface area contributed by atoms with Gasteiger partial charge in [0.1, 0.15) is 5.60 Å². The van der Waals surface area contributed by atoms with Gasteiger partial charge in [0.25, 0.3) is 0 Å². The summed E-state index contributed by atoms with van der Waals surface area (Å²) >= 11 is 0. The lowest BCUT2D eigenvalue weighted by Crippen LogP contribution is -2.36. The molecular formula is C40H39N5O7. The zero-order valence-electron chi connectivity index (χ0n) is 29.3. The summed E-state index contributed by atoms with van der Waals surface area (Å²) in [6.07, 6.45) is 1.74. The van der Waals surface area contributed by atoms with Gasteiger partial charge in [0.05, 0.1) is 40.5 Å². The first-order chi connectivity index (χ1) is 25.3. The molecule has 0 aliphatic heterocycles. The number of carbonyl (C=O) groups is 2. The molecule has 7 rings (SSSR count). The van der Waals surface area contributed by atoms with E-state index in [1.54, 1.807) is 25.3 Å². The maximum absolute atomic E-state index is 12.5. The monoisotopic (exact) mass is 701 g/mol.